The average Bonchev–Trinajstić information content (AvgIpc) is 3.08. The third-order valence-electron chi connectivity index (χ3n) is 5.56. The normalized spacial score (nSPS) is 20.7. The number of carboxylic acid groups (broad SMARTS) is 1. The summed E-state index contributed by atoms with van der Waals surface area (Å²) in [5.41, 5.74) is 2.44. The highest BCUT2D eigenvalue weighted by molar-refractivity contribution is 6.06. The summed E-state index contributed by atoms with van der Waals surface area (Å²) < 4.78 is 0. The van der Waals surface area contributed by atoms with E-state index in [9.17, 15) is 24.6 Å². The first-order valence-electron chi connectivity index (χ1n) is 9.88. The summed E-state index contributed by atoms with van der Waals surface area (Å²) in [6.45, 7) is 1.56. The Bertz CT molecular complexity index is 1070. The summed E-state index contributed by atoms with van der Waals surface area (Å²) in [7, 11) is 0. The lowest BCUT2D eigenvalue weighted by Crippen LogP contribution is -2.61. The van der Waals surface area contributed by atoms with Gasteiger partial charge in [-0.1, -0.05) is 12.1 Å². The van der Waals surface area contributed by atoms with E-state index in [4.69, 9.17) is 0 Å². The smallest absolute Gasteiger partial charge is 0.352 e. The Morgan fingerprint density at radius 3 is 2.65 bits per heavy atom. The Morgan fingerprint density at radius 1 is 1.23 bits per heavy atom. The molecule has 2 aromatic rings. The fourth-order valence-corrected chi connectivity index (χ4v) is 4.17. The number of nitrogens with zero attached hydrogens (tertiary/aromatic N) is 2. The number of fused-ring (bicyclic) bond motifs is 1. The highest BCUT2D eigenvalue weighted by Crippen LogP contribution is 2.47. The van der Waals surface area contributed by atoms with Crippen molar-refractivity contribution in [3.05, 3.63) is 60.1 Å². The maximum atomic E-state index is 12.4. The number of aliphatic hydroxyl groups is 1. The van der Waals surface area contributed by atoms with Gasteiger partial charge in [-0.15, -0.1) is 0 Å². The molecule has 1 fully saturated rings. The third kappa shape index (κ3) is 3.87. The van der Waals surface area contributed by atoms with Crippen LogP contribution in [0.4, 0.5) is 11.4 Å². The van der Waals surface area contributed by atoms with E-state index in [1.807, 2.05) is 0 Å². The van der Waals surface area contributed by atoms with Crippen LogP contribution in [0, 0.1) is 5.92 Å². The first kappa shape index (κ1) is 20.5. The van der Waals surface area contributed by atoms with Crippen LogP contribution in [0.1, 0.15) is 18.9 Å². The zero-order valence-electron chi connectivity index (χ0n) is 16.8. The van der Waals surface area contributed by atoms with Crippen molar-refractivity contribution in [2.24, 2.45) is 5.92 Å². The lowest BCUT2D eigenvalue weighted by Gasteiger charge is -2.44. The number of β-lactam (4-membered cyclic amide) rings is 1. The number of benzene rings is 1. The van der Waals surface area contributed by atoms with Crippen LogP contribution in [0.2, 0.25) is 0 Å². The van der Waals surface area contributed by atoms with Crippen LogP contribution < -0.4 is 10.6 Å². The summed E-state index contributed by atoms with van der Waals surface area (Å²) >= 11 is 0. The Labute approximate surface area is 178 Å². The second-order valence-electron chi connectivity index (χ2n) is 7.60. The zero-order valence-corrected chi connectivity index (χ0v) is 16.8. The van der Waals surface area contributed by atoms with Gasteiger partial charge in [0.15, 0.2) is 0 Å². The molecule has 1 aromatic carbocycles. The third-order valence-corrected chi connectivity index (χ3v) is 5.56. The van der Waals surface area contributed by atoms with Gasteiger partial charge in [0.2, 0.25) is 11.8 Å². The first-order valence-corrected chi connectivity index (χ1v) is 9.88. The van der Waals surface area contributed by atoms with Crippen molar-refractivity contribution in [2.75, 3.05) is 17.2 Å². The van der Waals surface area contributed by atoms with Crippen molar-refractivity contribution in [2.45, 2.75) is 25.5 Å². The van der Waals surface area contributed by atoms with E-state index in [0.717, 1.165) is 0 Å². The first-order chi connectivity index (χ1) is 14.9. The molecule has 9 nitrogen and oxygen atoms in total. The molecule has 0 saturated carbocycles. The molecular formula is C22H22N4O5. The molecule has 3 heterocycles. The molecule has 0 bridgehead atoms. The highest BCUT2D eigenvalue weighted by atomic mass is 16.4. The molecule has 2 aliphatic rings. The number of hydrogen-bond acceptors (Lipinski definition) is 6. The predicted octanol–water partition coefficient (Wildman–Crippen LogP) is 1.54. The number of carbonyl (C=O) groups excluding carboxylic acids is 2. The lowest BCUT2D eigenvalue weighted by atomic mass is 9.82. The molecule has 0 radical (unpaired) electrons. The quantitative estimate of drug-likeness (QED) is 0.498. The molecule has 4 N–H and O–H groups in total. The molecule has 1 aromatic heterocycles. The second kappa shape index (κ2) is 8.19. The number of amides is 2. The summed E-state index contributed by atoms with van der Waals surface area (Å²) in [5.74, 6) is -2.37. The van der Waals surface area contributed by atoms with Crippen molar-refractivity contribution in [1.29, 1.82) is 0 Å². The minimum atomic E-state index is -1.18. The van der Waals surface area contributed by atoms with Gasteiger partial charge in [0.1, 0.15) is 5.70 Å². The fraction of sp³-hybridized carbons (Fsp3) is 0.273. The number of aromatic nitrogens is 1. The number of anilines is 2. The van der Waals surface area contributed by atoms with Crippen molar-refractivity contribution in [3.8, 4) is 0 Å². The molecule has 160 valence electrons. The van der Waals surface area contributed by atoms with Gasteiger partial charge in [-0.3, -0.25) is 14.6 Å². The van der Waals surface area contributed by atoms with E-state index < -0.39 is 18.0 Å². The standard InChI is InChI=1S/C22H22N4O5/c1-12(27)19-17-10-16(20(22(30)31)26(17)21(19)29)13-3-2-4-15(9-13)24-11-18(28)25-14-5-7-23-8-6-14/h2-9,12,17,19,24,27H,10-11H2,1H3,(H,30,31)(H,23,25,28)/t12-,17-,19-/m1/s1. The van der Waals surface area contributed by atoms with Crippen LogP contribution in [-0.2, 0) is 14.4 Å². The summed E-state index contributed by atoms with van der Waals surface area (Å²) in [6.07, 6.45) is 2.68. The maximum Gasteiger partial charge on any atom is 0.352 e. The van der Waals surface area contributed by atoms with Crippen LogP contribution in [0.25, 0.3) is 5.57 Å². The summed E-state index contributed by atoms with van der Waals surface area (Å²) in [5, 5.41) is 25.4. The van der Waals surface area contributed by atoms with Gasteiger partial charge >= 0.3 is 5.97 Å². The number of carboxylic acids is 1. The van der Waals surface area contributed by atoms with E-state index in [2.05, 4.69) is 15.6 Å². The van der Waals surface area contributed by atoms with Crippen LogP contribution in [0.15, 0.2) is 54.5 Å². The van der Waals surface area contributed by atoms with E-state index in [1.54, 1.807) is 55.7 Å². The Hall–Kier alpha value is -3.72. The minimum Gasteiger partial charge on any atom is -0.477 e. The molecule has 0 aliphatic carbocycles. The number of aliphatic hydroxyl groups excluding tert-OH is 1. The van der Waals surface area contributed by atoms with Crippen LogP contribution >= 0.6 is 0 Å². The number of nitrogens with one attached hydrogen (secondary N) is 2. The van der Waals surface area contributed by atoms with Crippen LogP contribution in [-0.4, -0.2) is 56.6 Å². The van der Waals surface area contributed by atoms with E-state index in [1.165, 1.54) is 4.90 Å². The molecule has 4 rings (SSSR count). The molecule has 1 saturated heterocycles. The monoisotopic (exact) mass is 422 g/mol. The fourth-order valence-electron chi connectivity index (χ4n) is 4.17. The van der Waals surface area contributed by atoms with Gasteiger partial charge in [-0.2, -0.15) is 0 Å². The van der Waals surface area contributed by atoms with E-state index in [0.29, 0.717) is 28.9 Å². The van der Waals surface area contributed by atoms with E-state index >= 15 is 0 Å². The Kier molecular flexibility index (Phi) is 5.43. The van der Waals surface area contributed by atoms with Crippen molar-refractivity contribution in [3.63, 3.8) is 0 Å². The van der Waals surface area contributed by atoms with Crippen LogP contribution in [0.5, 0.6) is 0 Å². The lowest BCUT2D eigenvalue weighted by molar-refractivity contribution is -0.161. The molecule has 9 heteroatoms. The second-order valence-corrected chi connectivity index (χ2v) is 7.60. The van der Waals surface area contributed by atoms with Gasteiger partial charge in [0.05, 0.1) is 24.6 Å². The average molecular weight is 422 g/mol. The zero-order chi connectivity index (χ0) is 22.1. The number of aliphatic carboxylic acids is 1. The van der Waals surface area contributed by atoms with Gasteiger partial charge < -0.3 is 25.7 Å². The van der Waals surface area contributed by atoms with Gasteiger partial charge in [-0.25, -0.2) is 4.79 Å². The number of pyridine rings is 1. The highest BCUT2D eigenvalue weighted by Gasteiger charge is 2.56. The SMILES string of the molecule is C[C@@H](O)[C@H]1C(=O)N2C(C(=O)O)=C(c3cccc(NCC(=O)Nc4ccncc4)c3)C[C@H]12. The van der Waals surface area contributed by atoms with Crippen molar-refractivity contribution >= 4 is 34.7 Å². The number of rotatable bonds is 7. The molecule has 31 heavy (non-hydrogen) atoms. The number of carbonyl (C=O) groups is 3. The topological polar surface area (TPSA) is 132 Å². The molecular weight excluding hydrogens is 400 g/mol. The minimum absolute atomic E-state index is 0.0218. The van der Waals surface area contributed by atoms with Gasteiger partial charge in [0, 0.05) is 23.8 Å². The number of hydrogen-bond donors (Lipinski definition) is 4. The summed E-state index contributed by atoms with van der Waals surface area (Å²) in [6, 6.07) is 10.1. The predicted molar refractivity (Wildman–Crippen MR) is 113 cm³/mol. The summed E-state index contributed by atoms with van der Waals surface area (Å²) in [4.78, 5) is 41.6. The van der Waals surface area contributed by atoms with E-state index in [-0.39, 0.29) is 30.1 Å². The van der Waals surface area contributed by atoms with Crippen molar-refractivity contribution < 1.29 is 24.6 Å². The Morgan fingerprint density at radius 2 is 1.97 bits per heavy atom. The van der Waals surface area contributed by atoms with Gasteiger partial charge in [-0.05, 0) is 48.7 Å². The molecule has 2 aliphatic heterocycles. The molecule has 2 amide bonds. The molecule has 0 unspecified atom stereocenters. The molecule has 3 atom stereocenters. The molecule has 0 spiro atoms. The van der Waals surface area contributed by atoms with Crippen molar-refractivity contribution in [1.82, 2.24) is 9.88 Å². The Balaban J connectivity index is 1.50. The maximum absolute atomic E-state index is 12.4. The largest absolute Gasteiger partial charge is 0.477 e. The van der Waals surface area contributed by atoms with Gasteiger partial charge in [0.25, 0.3) is 0 Å². The van der Waals surface area contributed by atoms with Crippen LogP contribution in [0.3, 0.4) is 0 Å².